The van der Waals surface area contributed by atoms with E-state index in [0.717, 1.165) is 49.1 Å². The first-order valence-corrected chi connectivity index (χ1v) is 10.9. The Bertz CT molecular complexity index is 924. The molecule has 4 nitrogen and oxygen atoms in total. The van der Waals surface area contributed by atoms with Gasteiger partial charge in [-0.25, -0.2) is 0 Å². The molecule has 1 spiro atoms. The summed E-state index contributed by atoms with van der Waals surface area (Å²) < 4.78 is 1.02. The Kier molecular flexibility index (Phi) is 5.79. The summed E-state index contributed by atoms with van der Waals surface area (Å²) in [6.07, 6.45) is 5.39. The maximum atomic E-state index is 12.6. The van der Waals surface area contributed by atoms with Gasteiger partial charge in [0.15, 0.2) is 0 Å². The largest absolute Gasteiger partial charge is 0.339 e. The monoisotopic (exact) mass is 472 g/mol. The molecule has 4 rings (SSSR count). The lowest BCUT2D eigenvalue weighted by Gasteiger charge is -2.53. The smallest absolute Gasteiger partial charge is 0.253 e. The highest BCUT2D eigenvalue weighted by molar-refractivity contribution is 9.10. The van der Waals surface area contributed by atoms with Gasteiger partial charge in [0.2, 0.25) is 5.91 Å². The van der Waals surface area contributed by atoms with Crippen molar-refractivity contribution in [2.24, 2.45) is 5.41 Å². The Morgan fingerprint density at radius 2 is 1.55 bits per heavy atom. The Labute approximate surface area is 184 Å². The number of piperidine rings is 1. The van der Waals surface area contributed by atoms with Crippen LogP contribution < -0.4 is 0 Å². The number of likely N-dealkylation sites (tertiary alicyclic amines) is 2. The molecular formula is C23H22BrClN2O2. The summed E-state index contributed by atoms with van der Waals surface area (Å²) >= 11 is 9.31. The third-order valence-electron chi connectivity index (χ3n) is 5.86. The number of carbonyl (C=O) groups is 2. The molecule has 0 atom stereocenters. The van der Waals surface area contributed by atoms with Crippen LogP contribution in [0.4, 0.5) is 0 Å². The number of halogens is 2. The molecule has 2 aliphatic heterocycles. The fraction of sp³-hybridized carbons (Fsp3) is 0.304. The standard InChI is InChI=1S/C23H22BrClN2O2/c24-19-6-1-17(2-7-19)3-10-21(28)26-13-11-23(12-14-26)15-27(16-23)22(29)18-4-8-20(25)9-5-18/h1-10H,11-16H2. The predicted octanol–water partition coefficient (Wildman–Crippen LogP) is 4.88. The van der Waals surface area contributed by atoms with Crippen LogP contribution in [-0.2, 0) is 4.79 Å². The number of nitrogens with zero attached hydrogens (tertiary/aromatic N) is 2. The molecule has 0 unspecified atom stereocenters. The minimum atomic E-state index is 0.0520. The quantitative estimate of drug-likeness (QED) is 0.596. The maximum Gasteiger partial charge on any atom is 0.253 e. The highest BCUT2D eigenvalue weighted by Crippen LogP contribution is 2.41. The number of hydrogen-bond donors (Lipinski definition) is 0. The van der Waals surface area contributed by atoms with E-state index in [1.54, 1.807) is 30.3 Å². The van der Waals surface area contributed by atoms with Crippen LogP contribution >= 0.6 is 27.5 Å². The molecule has 2 aromatic rings. The van der Waals surface area contributed by atoms with Gasteiger partial charge in [0.1, 0.15) is 0 Å². The van der Waals surface area contributed by atoms with Gasteiger partial charge in [-0.1, -0.05) is 39.7 Å². The summed E-state index contributed by atoms with van der Waals surface area (Å²) in [6, 6.07) is 14.9. The van der Waals surface area contributed by atoms with Crippen LogP contribution in [0.15, 0.2) is 59.1 Å². The van der Waals surface area contributed by atoms with E-state index in [2.05, 4.69) is 15.9 Å². The Morgan fingerprint density at radius 1 is 0.931 bits per heavy atom. The molecule has 150 valence electrons. The highest BCUT2D eigenvalue weighted by atomic mass is 79.9. The number of amides is 2. The van der Waals surface area contributed by atoms with E-state index in [9.17, 15) is 9.59 Å². The number of hydrogen-bond acceptors (Lipinski definition) is 2. The second-order valence-electron chi connectivity index (χ2n) is 7.88. The van der Waals surface area contributed by atoms with E-state index in [0.29, 0.717) is 10.6 Å². The lowest BCUT2D eigenvalue weighted by atomic mass is 9.71. The van der Waals surface area contributed by atoms with Gasteiger partial charge in [-0.3, -0.25) is 9.59 Å². The summed E-state index contributed by atoms with van der Waals surface area (Å²) in [5, 5.41) is 0.632. The van der Waals surface area contributed by atoms with E-state index in [4.69, 9.17) is 11.6 Å². The molecule has 2 fully saturated rings. The molecule has 2 aromatic carbocycles. The van der Waals surface area contributed by atoms with E-state index >= 15 is 0 Å². The van der Waals surface area contributed by atoms with Crippen molar-refractivity contribution in [2.75, 3.05) is 26.2 Å². The van der Waals surface area contributed by atoms with E-state index in [1.165, 1.54) is 0 Å². The van der Waals surface area contributed by atoms with Gasteiger partial charge in [-0.05, 0) is 60.9 Å². The van der Waals surface area contributed by atoms with E-state index < -0.39 is 0 Å². The maximum absolute atomic E-state index is 12.6. The van der Waals surface area contributed by atoms with Crippen molar-refractivity contribution in [2.45, 2.75) is 12.8 Å². The molecule has 0 aromatic heterocycles. The Morgan fingerprint density at radius 3 is 2.17 bits per heavy atom. The van der Waals surface area contributed by atoms with Crippen molar-refractivity contribution in [3.63, 3.8) is 0 Å². The SMILES string of the molecule is O=C(C=Cc1ccc(Br)cc1)N1CCC2(CC1)CN(C(=O)c1ccc(Cl)cc1)C2. The molecule has 0 radical (unpaired) electrons. The second-order valence-corrected chi connectivity index (χ2v) is 9.23. The Hall–Kier alpha value is -2.11. The third kappa shape index (κ3) is 4.57. The van der Waals surface area contributed by atoms with Crippen LogP contribution in [0.5, 0.6) is 0 Å². The molecule has 0 bridgehead atoms. The first-order chi connectivity index (χ1) is 13.9. The van der Waals surface area contributed by atoms with Crippen molar-refractivity contribution in [1.29, 1.82) is 0 Å². The number of benzene rings is 2. The van der Waals surface area contributed by atoms with Crippen LogP contribution in [0.25, 0.3) is 6.08 Å². The molecule has 0 saturated carbocycles. The minimum Gasteiger partial charge on any atom is -0.339 e. The van der Waals surface area contributed by atoms with Gasteiger partial charge in [-0.15, -0.1) is 0 Å². The third-order valence-corrected chi connectivity index (χ3v) is 6.64. The molecule has 0 N–H and O–H groups in total. The molecule has 2 amide bonds. The van der Waals surface area contributed by atoms with Crippen molar-refractivity contribution in [1.82, 2.24) is 9.80 Å². The van der Waals surface area contributed by atoms with Gasteiger partial charge in [0.25, 0.3) is 5.91 Å². The van der Waals surface area contributed by atoms with Gasteiger partial charge in [0, 0.05) is 52.7 Å². The molecule has 2 aliphatic rings. The van der Waals surface area contributed by atoms with E-state index in [1.807, 2.05) is 40.1 Å². The minimum absolute atomic E-state index is 0.0520. The molecule has 2 saturated heterocycles. The van der Waals surface area contributed by atoms with Crippen molar-refractivity contribution in [3.05, 3.63) is 75.2 Å². The fourth-order valence-electron chi connectivity index (χ4n) is 4.05. The highest BCUT2D eigenvalue weighted by Gasteiger charge is 2.47. The topological polar surface area (TPSA) is 40.6 Å². The van der Waals surface area contributed by atoms with Crippen molar-refractivity contribution < 1.29 is 9.59 Å². The Balaban J connectivity index is 1.27. The lowest BCUT2D eigenvalue weighted by Crippen LogP contribution is -2.62. The van der Waals surface area contributed by atoms with Crippen LogP contribution in [0.1, 0.15) is 28.8 Å². The summed E-state index contributed by atoms with van der Waals surface area (Å²) in [7, 11) is 0. The fourth-order valence-corrected chi connectivity index (χ4v) is 4.44. The zero-order valence-corrected chi connectivity index (χ0v) is 18.3. The molecule has 29 heavy (non-hydrogen) atoms. The van der Waals surface area contributed by atoms with Crippen LogP contribution in [0.2, 0.25) is 5.02 Å². The van der Waals surface area contributed by atoms with Gasteiger partial charge in [0.05, 0.1) is 0 Å². The average molecular weight is 474 g/mol. The van der Waals surface area contributed by atoms with Crippen molar-refractivity contribution >= 4 is 45.4 Å². The van der Waals surface area contributed by atoms with E-state index in [-0.39, 0.29) is 17.2 Å². The molecule has 6 heteroatoms. The molecular weight excluding hydrogens is 452 g/mol. The summed E-state index contributed by atoms with van der Waals surface area (Å²) in [5.41, 5.74) is 1.84. The zero-order valence-electron chi connectivity index (χ0n) is 16.0. The van der Waals surface area contributed by atoms with Gasteiger partial charge < -0.3 is 9.80 Å². The summed E-state index contributed by atoms with van der Waals surface area (Å²) in [4.78, 5) is 28.9. The predicted molar refractivity (Wildman–Crippen MR) is 119 cm³/mol. The van der Waals surface area contributed by atoms with Crippen LogP contribution in [0.3, 0.4) is 0 Å². The summed E-state index contributed by atoms with van der Waals surface area (Å²) in [5.74, 6) is 0.111. The normalized spacial score (nSPS) is 18.1. The second kappa shape index (κ2) is 8.33. The van der Waals surface area contributed by atoms with Crippen LogP contribution in [-0.4, -0.2) is 47.8 Å². The van der Waals surface area contributed by atoms with Gasteiger partial charge >= 0.3 is 0 Å². The first-order valence-electron chi connectivity index (χ1n) is 9.72. The average Bonchev–Trinajstić information content (AvgIpc) is 2.71. The lowest BCUT2D eigenvalue weighted by molar-refractivity contribution is -0.130. The molecule has 2 heterocycles. The number of carbonyl (C=O) groups excluding carboxylic acids is 2. The molecule has 0 aliphatic carbocycles. The number of rotatable bonds is 3. The van der Waals surface area contributed by atoms with Gasteiger partial charge in [-0.2, -0.15) is 0 Å². The van der Waals surface area contributed by atoms with Crippen molar-refractivity contribution in [3.8, 4) is 0 Å². The van der Waals surface area contributed by atoms with Crippen LogP contribution in [0, 0.1) is 5.41 Å². The summed E-state index contributed by atoms with van der Waals surface area (Å²) in [6.45, 7) is 3.02. The zero-order chi connectivity index (χ0) is 20.4. The first kappa shape index (κ1) is 20.2.